The summed E-state index contributed by atoms with van der Waals surface area (Å²) in [5.74, 6) is 2.60. The van der Waals surface area contributed by atoms with Crippen LogP contribution < -0.4 is 15.4 Å². The van der Waals surface area contributed by atoms with E-state index in [9.17, 15) is 0 Å². The largest absolute Gasteiger partial charge is 0.489 e. The van der Waals surface area contributed by atoms with E-state index in [4.69, 9.17) is 9.15 Å². The highest BCUT2D eigenvalue weighted by atomic mass is 16.5. The fourth-order valence-corrected chi connectivity index (χ4v) is 2.61. The Morgan fingerprint density at radius 3 is 2.44 bits per heavy atom. The monoisotopic (exact) mass is 363 g/mol. The molecule has 0 aliphatic carbocycles. The van der Waals surface area contributed by atoms with E-state index in [1.54, 1.807) is 13.3 Å². The van der Waals surface area contributed by atoms with Crippen molar-refractivity contribution in [2.45, 2.75) is 19.6 Å². The minimum atomic E-state index is 0.574. The summed E-state index contributed by atoms with van der Waals surface area (Å²) in [4.78, 5) is 4.24. The summed E-state index contributed by atoms with van der Waals surface area (Å²) < 4.78 is 11.1. The third-order valence-electron chi connectivity index (χ3n) is 4.10. The quantitative estimate of drug-likeness (QED) is 0.472. The molecule has 2 N–H and O–H groups in total. The van der Waals surface area contributed by atoms with E-state index >= 15 is 0 Å². The number of benzene rings is 2. The lowest BCUT2D eigenvalue weighted by Crippen LogP contribution is -2.37. The van der Waals surface area contributed by atoms with Crippen LogP contribution in [0, 0.1) is 0 Å². The number of aliphatic imine (C=N–C) groups is 1. The van der Waals surface area contributed by atoms with Gasteiger partial charge in [-0.2, -0.15) is 0 Å². The third kappa shape index (κ3) is 6.22. The smallest absolute Gasteiger partial charge is 0.191 e. The predicted molar refractivity (Wildman–Crippen MR) is 108 cm³/mol. The number of nitrogens with one attached hydrogen (secondary N) is 2. The van der Waals surface area contributed by atoms with Crippen LogP contribution in [0.15, 0.2) is 82.4 Å². The molecule has 0 radical (unpaired) electrons. The van der Waals surface area contributed by atoms with Crippen LogP contribution in [0.25, 0.3) is 0 Å². The molecule has 3 rings (SSSR count). The van der Waals surface area contributed by atoms with Crippen LogP contribution in [0.2, 0.25) is 0 Å². The summed E-state index contributed by atoms with van der Waals surface area (Å²) in [6, 6.07) is 22.1. The molecule has 27 heavy (non-hydrogen) atoms. The molecule has 1 heterocycles. The lowest BCUT2D eigenvalue weighted by atomic mass is 10.2. The van der Waals surface area contributed by atoms with Gasteiger partial charge >= 0.3 is 0 Å². The average molecular weight is 363 g/mol. The number of hydrogen-bond acceptors (Lipinski definition) is 3. The minimum absolute atomic E-state index is 0.574. The zero-order chi connectivity index (χ0) is 18.7. The van der Waals surface area contributed by atoms with Gasteiger partial charge in [0.15, 0.2) is 5.96 Å². The Hall–Kier alpha value is -3.21. The second-order valence-corrected chi connectivity index (χ2v) is 6.10. The van der Waals surface area contributed by atoms with Crippen LogP contribution in [0.5, 0.6) is 5.75 Å². The van der Waals surface area contributed by atoms with Gasteiger partial charge in [0.2, 0.25) is 0 Å². The SMILES string of the molecule is CN=C(NCCc1ccco1)NCc1ccc(OCc2ccccc2)cc1. The topological polar surface area (TPSA) is 58.8 Å². The summed E-state index contributed by atoms with van der Waals surface area (Å²) in [6.45, 7) is 2.03. The summed E-state index contributed by atoms with van der Waals surface area (Å²) in [6.07, 6.45) is 2.51. The van der Waals surface area contributed by atoms with Crippen LogP contribution in [-0.2, 0) is 19.6 Å². The number of nitrogens with zero attached hydrogens (tertiary/aromatic N) is 1. The average Bonchev–Trinajstić information content (AvgIpc) is 3.24. The van der Waals surface area contributed by atoms with Crippen molar-refractivity contribution < 1.29 is 9.15 Å². The Kier molecular flexibility index (Phi) is 6.92. The molecule has 0 fully saturated rings. The van der Waals surface area contributed by atoms with Gasteiger partial charge in [0.25, 0.3) is 0 Å². The van der Waals surface area contributed by atoms with Crippen LogP contribution in [0.3, 0.4) is 0 Å². The number of ether oxygens (including phenoxy) is 1. The van der Waals surface area contributed by atoms with E-state index in [0.29, 0.717) is 13.2 Å². The Bertz CT molecular complexity index is 813. The first-order valence-electron chi connectivity index (χ1n) is 9.06. The van der Waals surface area contributed by atoms with Gasteiger partial charge in [0.1, 0.15) is 18.1 Å². The van der Waals surface area contributed by atoms with Crippen molar-refractivity contribution in [3.8, 4) is 5.75 Å². The van der Waals surface area contributed by atoms with Crippen molar-refractivity contribution in [2.24, 2.45) is 4.99 Å². The molecule has 140 valence electrons. The van der Waals surface area contributed by atoms with Gasteiger partial charge < -0.3 is 19.8 Å². The Labute approximate surface area is 160 Å². The molecule has 0 amide bonds. The van der Waals surface area contributed by atoms with Crippen LogP contribution in [-0.4, -0.2) is 19.6 Å². The second kappa shape index (κ2) is 10.1. The van der Waals surface area contributed by atoms with E-state index in [2.05, 4.69) is 39.9 Å². The highest BCUT2D eigenvalue weighted by Gasteiger charge is 2.01. The standard InChI is InChI=1S/C22H25N3O2/c1-23-22(24-14-13-20-8-5-15-26-20)25-16-18-9-11-21(12-10-18)27-17-19-6-3-2-4-7-19/h2-12,15H,13-14,16-17H2,1H3,(H2,23,24,25). The lowest BCUT2D eigenvalue weighted by molar-refractivity contribution is 0.306. The highest BCUT2D eigenvalue weighted by Crippen LogP contribution is 2.14. The molecule has 5 heteroatoms. The molecule has 0 spiro atoms. The van der Waals surface area contributed by atoms with Crippen molar-refractivity contribution in [3.63, 3.8) is 0 Å². The fourth-order valence-electron chi connectivity index (χ4n) is 2.61. The molecule has 0 saturated heterocycles. The normalized spacial score (nSPS) is 11.2. The Morgan fingerprint density at radius 2 is 1.74 bits per heavy atom. The number of furan rings is 1. The van der Waals surface area contributed by atoms with Crippen LogP contribution >= 0.6 is 0 Å². The van der Waals surface area contributed by atoms with E-state index < -0.39 is 0 Å². The van der Waals surface area contributed by atoms with Gasteiger partial charge in [-0.25, -0.2) is 0 Å². The molecule has 3 aromatic rings. The highest BCUT2D eigenvalue weighted by molar-refractivity contribution is 5.79. The molecule has 1 aromatic heterocycles. The van der Waals surface area contributed by atoms with Crippen molar-refractivity contribution >= 4 is 5.96 Å². The lowest BCUT2D eigenvalue weighted by Gasteiger charge is -2.12. The molecule has 0 saturated carbocycles. The second-order valence-electron chi connectivity index (χ2n) is 6.10. The van der Waals surface area contributed by atoms with Gasteiger partial charge in [-0.3, -0.25) is 4.99 Å². The summed E-state index contributed by atoms with van der Waals surface area (Å²) in [5, 5.41) is 6.59. The number of hydrogen-bond donors (Lipinski definition) is 2. The molecule has 2 aromatic carbocycles. The third-order valence-corrected chi connectivity index (χ3v) is 4.10. The maximum absolute atomic E-state index is 5.82. The number of rotatable bonds is 8. The number of guanidine groups is 1. The Morgan fingerprint density at radius 1 is 0.926 bits per heavy atom. The summed E-state index contributed by atoms with van der Waals surface area (Å²) >= 11 is 0. The maximum Gasteiger partial charge on any atom is 0.191 e. The van der Waals surface area contributed by atoms with Crippen molar-refractivity contribution in [3.05, 3.63) is 89.9 Å². The molecule has 5 nitrogen and oxygen atoms in total. The Balaban J connectivity index is 1.40. The first-order chi connectivity index (χ1) is 13.3. The predicted octanol–water partition coefficient (Wildman–Crippen LogP) is 3.77. The van der Waals surface area contributed by atoms with Crippen LogP contribution in [0.4, 0.5) is 0 Å². The van der Waals surface area contributed by atoms with E-state index in [-0.39, 0.29) is 0 Å². The first kappa shape index (κ1) is 18.6. The van der Waals surface area contributed by atoms with E-state index in [1.807, 2.05) is 42.5 Å². The van der Waals surface area contributed by atoms with Gasteiger partial charge in [0, 0.05) is 26.6 Å². The zero-order valence-corrected chi connectivity index (χ0v) is 15.5. The van der Waals surface area contributed by atoms with Crippen molar-refractivity contribution in [1.82, 2.24) is 10.6 Å². The molecule has 0 aliphatic heterocycles. The molecular formula is C22H25N3O2. The minimum Gasteiger partial charge on any atom is -0.489 e. The fraction of sp³-hybridized carbons (Fsp3) is 0.227. The van der Waals surface area contributed by atoms with Gasteiger partial charge in [0.05, 0.1) is 6.26 Å². The molecule has 0 bridgehead atoms. The summed E-state index contributed by atoms with van der Waals surface area (Å²) in [5.41, 5.74) is 2.32. The zero-order valence-electron chi connectivity index (χ0n) is 15.5. The molecule has 0 unspecified atom stereocenters. The summed E-state index contributed by atoms with van der Waals surface area (Å²) in [7, 11) is 1.77. The van der Waals surface area contributed by atoms with Gasteiger partial charge in [-0.05, 0) is 35.4 Å². The van der Waals surface area contributed by atoms with Crippen molar-refractivity contribution in [2.75, 3.05) is 13.6 Å². The van der Waals surface area contributed by atoms with Crippen molar-refractivity contribution in [1.29, 1.82) is 0 Å². The van der Waals surface area contributed by atoms with Gasteiger partial charge in [-0.15, -0.1) is 0 Å². The molecule has 0 aliphatic rings. The molecule has 0 atom stereocenters. The molecular weight excluding hydrogens is 338 g/mol. The first-order valence-corrected chi connectivity index (χ1v) is 9.06. The van der Waals surface area contributed by atoms with Crippen LogP contribution in [0.1, 0.15) is 16.9 Å². The van der Waals surface area contributed by atoms with Gasteiger partial charge in [-0.1, -0.05) is 42.5 Å². The van der Waals surface area contributed by atoms with E-state index in [1.165, 1.54) is 0 Å². The van der Waals surface area contributed by atoms with E-state index in [0.717, 1.165) is 41.6 Å². The maximum atomic E-state index is 5.82.